The van der Waals surface area contributed by atoms with E-state index < -0.39 is 32.5 Å². The Balaban J connectivity index is 1.53. The summed E-state index contributed by atoms with van der Waals surface area (Å²) in [4.78, 5) is 13.0. The van der Waals surface area contributed by atoms with Gasteiger partial charge in [0.25, 0.3) is 20.0 Å². The minimum atomic E-state index is -4.11. The van der Waals surface area contributed by atoms with E-state index in [1.807, 2.05) is 39.0 Å². The van der Waals surface area contributed by atoms with Crippen molar-refractivity contribution in [2.45, 2.75) is 30.6 Å². The maximum Gasteiger partial charge on any atom is 0.264 e. The Kier molecular flexibility index (Phi) is 8.53. The zero-order valence-corrected chi connectivity index (χ0v) is 24.4. The molecule has 0 saturated heterocycles. The highest BCUT2D eigenvalue weighted by Crippen LogP contribution is 2.26. The van der Waals surface area contributed by atoms with Crippen molar-refractivity contribution in [1.82, 2.24) is 0 Å². The van der Waals surface area contributed by atoms with Gasteiger partial charge in [0, 0.05) is 10.7 Å². The van der Waals surface area contributed by atoms with Gasteiger partial charge < -0.3 is 5.32 Å². The van der Waals surface area contributed by atoms with E-state index in [0.717, 1.165) is 21.0 Å². The van der Waals surface area contributed by atoms with E-state index in [4.69, 9.17) is 11.6 Å². The second-order valence-electron chi connectivity index (χ2n) is 9.30. The predicted molar refractivity (Wildman–Crippen MR) is 159 cm³/mol. The number of nitrogens with one attached hydrogen (secondary N) is 2. The van der Waals surface area contributed by atoms with Crippen molar-refractivity contribution in [3.63, 3.8) is 0 Å². The zero-order chi connectivity index (χ0) is 29.1. The molecule has 4 aromatic carbocycles. The lowest BCUT2D eigenvalue weighted by atomic mass is 10.1. The number of hydrogen-bond acceptors (Lipinski definition) is 5. The summed E-state index contributed by atoms with van der Waals surface area (Å²) in [5.74, 6) is -0.608. The first-order chi connectivity index (χ1) is 18.8. The normalized spacial score (nSPS) is 11.6. The molecule has 0 bridgehead atoms. The average Bonchev–Trinajstić information content (AvgIpc) is 2.89. The molecule has 0 unspecified atom stereocenters. The van der Waals surface area contributed by atoms with E-state index in [1.54, 1.807) is 24.3 Å². The van der Waals surface area contributed by atoms with E-state index in [2.05, 4.69) is 10.0 Å². The molecule has 8 nitrogen and oxygen atoms in total. The second-order valence-corrected chi connectivity index (χ2v) is 13.3. The molecule has 0 radical (unpaired) electrons. The third-order valence-electron chi connectivity index (χ3n) is 6.05. The molecule has 2 N–H and O–H groups in total. The van der Waals surface area contributed by atoms with Crippen molar-refractivity contribution in [3.05, 3.63) is 113 Å². The fraction of sp³-hybridized carbons (Fsp3) is 0.138. The smallest absolute Gasteiger partial charge is 0.264 e. The Morgan fingerprint density at radius 3 is 2.02 bits per heavy atom. The summed E-state index contributed by atoms with van der Waals surface area (Å²) in [6, 6.07) is 23.5. The minimum Gasteiger partial charge on any atom is -0.325 e. The fourth-order valence-electron chi connectivity index (χ4n) is 4.01. The Morgan fingerprint density at radius 2 is 1.40 bits per heavy atom. The van der Waals surface area contributed by atoms with Gasteiger partial charge >= 0.3 is 0 Å². The van der Waals surface area contributed by atoms with Gasteiger partial charge in [0.05, 0.1) is 21.2 Å². The summed E-state index contributed by atoms with van der Waals surface area (Å²) in [5.41, 5.74) is 3.73. The Hall–Kier alpha value is -3.86. The van der Waals surface area contributed by atoms with Crippen LogP contribution in [-0.4, -0.2) is 29.3 Å². The van der Waals surface area contributed by atoms with E-state index in [0.29, 0.717) is 22.1 Å². The van der Waals surface area contributed by atoms with Crippen LogP contribution in [0.1, 0.15) is 16.7 Å². The van der Waals surface area contributed by atoms with Gasteiger partial charge in [-0.2, -0.15) is 0 Å². The van der Waals surface area contributed by atoms with Crippen molar-refractivity contribution in [2.75, 3.05) is 20.9 Å². The highest BCUT2D eigenvalue weighted by molar-refractivity contribution is 7.93. The van der Waals surface area contributed by atoms with Gasteiger partial charge in [-0.1, -0.05) is 41.4 Å². The van der Waals surface area contributed by atoms with Gasteiger partial charge in [0.2, 0.25) is 5.91 Å². The van der Waals surface area contributed by atoms with Crippen LogP contribution in [0, 0.1) is 20.8 Å². The largest absolute Gasteiger partial charge is 0.325 e. The molecule has 0 heterocycles. The van der Waals surface area contributed by atoms with Gasteiger partial charge in [0.15, 0.2) is 0 Å². The third-order valence-corrected chi connectivity index (χ3v) is 9.47. The van der Waals surface area contributed by atoms with Crippen molar-refractivity contribution in [2.24, 2.45) is 0 Å². The Labute approximate surface area is 239 Å². The number of carbonyl (C=O) groups excluding carboxylic acids is 1. The van der Waals surface area contributed by atoms with Crippen molar-refractivity contribution in [1.29, 1.82) is 0 Å². The van der Waals surface area contributed by atoms with Crippen LogP contribution in [0.5, 0.6) is 0 Å². The van der Waals surface area contributed by atoms with Gasteiger partial charge in [-0.25, -0.2) is 16.8 Å². The molecular formula is C29H28ClN3O5S2. The maximum atomic E-state index is 13.5. The number of hydrogen-bond donors (Lipinski definition) is 2. The summed E-state index contributed by atoms with van der Waals surface area (Å²) < 4.78 is 56.4. The van der Waals surface area contributed by atoms with Gasteiger partial charge in [-0.15, -0.1) is 0 Å². The average molecular weight is 598 g/mol. The van der Waals surface area contributed by atoms with E-state index in [1.165, 1.54) is 48.5 Å². The molecule has 208 valence electrons. The van der Waals surface area contributed by atoms with E-state index >= 15 is 0 Å². The van der Waals surface area contributed by atoms with Crippen molar-refractivity contribution < 1.29 is 21.6 Å². The molecule has 0 saturated carbocycles. The molecule has 1 amide bonds. The summed E-state index contributed by atoms with van der Waals surface area (Å²) in [6.45, 7) is 5.05. The molecule has 0 fully saturated rings. The third kappa shape index (κ3) is 6.82. The number of amides is 1. The number of sulfonamides is 2. The predicted octanol–water partition coefficient (Wildman–Crippen LogP) is 5.90. The summed E-state index contributed by atoms with van der Waals surface area (Å²) in [7, 11) is -7.98. The van der Waals surface area contributed by atoms with Crippen molar-refractivity contribution >= 4 is 54.6 Å². The van der Waals surface area contributed by atoms with Crippen molar-refractivity contribution in [3.8, 4) is 0 Å². The number of carbonyl (C=O) groups is 1. The van der Waals surface area contributed by atoms with Gasteiger partial charge in [0.1, 0.15) is 6.54 Å². The topological polar surface area (TPSA) is 113 Å². The molecule has 0 atom stereocenters. The fourth-order valence-corrected chi connectivity index (χ4v) is 6.68. The molecule has 0 aromatic heterocycles. The van der Waals surface area contributed by atoms with Crippen LogP contribution in [-0.2, 0) is 24.8 Å². The quantitative estimate of drug-likeness (QED) is 0.249. The lowest BCUT2D eigenvalue weighted by Gasteiger charge is -2.24. The number of nitrogens with zero attached hydrogens (tertiary/aromatic N) is 1. The summed E-state index contributed by atoms with van der Waals surface area (Å²) in [5, 5.41) is 3.03. The molecule has 0 aliphatic carbocycles. The Morgan fingerprint density at radius 1 is 0.775 bits per heavy atom. The highest BCUT2D eigenvalue weighted by Gasteiger charge is 2.27. The van der Waals surface area contributed by atoms with Crippen LogP contribution in [0.2, 0.25) is 5.02 Å². The number of anilines is 3. The zero-order valence-electron chi connectivity index (χ0n) is 22.1. The maximum absolute atomic E-state index is 13.5. The van der Waals surface area contributed by atoms with Crippen LogP contribution in [0.15, 0.2) is 101 Å². The first-order valence-corrected chi connectivity index (χ1v) is 15.5. The molecule has 40 heavy (non-hydrogen) atoms. The molecule has 0 aliphatic rings. The second kappa shape index (κ2) is 11.7. The highest BCUT2D eigenvalue weighted by atomic mass is 35.5. The SMILES string of the molecule is Cc1cccc(N(CC(=O)Nc2ccc(S(=O)(=O)Nc3ccc(C)cc3C)cc2)S(=O)(=O)c2ccc(Cl)cc2)c1. The Bertz CT molecular complexity index is 1760. The van der Waals surface area contributed by atoms with Crippen LogP contribution in [0.25, 0.3) is 0 Å². The van der Waals surface area contributed by atoms with Gasteiger partial charge in [-0.3, -0.25) is 13.8 Å². The minimum absolute atomic E-state index is 0.0113. The molecule has 0 spiro atoms. The first kappa shape index (κ1) is 29.1. The van der Waals surface area contributed by atoms with E-state index in [9.17, 15) is 21.6 Å². The lowest BCUT2D eigenvalue weighted by Crippen LogP contribution is -2.38. The summed E-state index contributed by atoms with van der Waals surface area (Å²) in [6.07, 6.45) is 0. The number of benzene rings is 4. The van der Waals surface area contributed by atoms with Gasteiger partial charge in [-0.05, 0) is 98.6 Å². The molecule has 4 rings (SSSR count). The monoisotopic (exact) mass is 597 g/mol. The molecule has 4 aromatic rings. The van der Waals surface area contributed by atoms with Crippen LogP contribution >= 0.6 is 11.6 Å². The van der Waals surface area contributed by atoms with Crippen LogP contribution in [0.3, 0.4) is 0 Å². The molecule has 11 heteroatoms. The van der Waals surface area contributed by atoms with E-state index in [-0.39, 0.29) is 9.79 Å². The van der Waals surface area contributed by atoms with Crippen LogP contribution < -0.4 is 14.3 Å². The molecular weight excluding hydrogens is 570 g/mol. The number of halogens is 1. The number of aryl methyl sites for hydroxylation is 3. The lowest BCUT2D eigenvalue weighted by molar-refractivity contribution is -0.114. The number of rotatable bonds is 9. The first-order valence-electron chi connectivity index (χ1n) is 12.2. The molecule has 0 aliphatic heterocycles. The summed E-state index contributed by atoms with van der Waals surface area (Å²) >= 11 is 5.93. The standard InChI is InChI=1S/C29H28ClN3O5S2/c1-20-5-4-6-25(18-20)33(40(37,38)27-12-8-23(30)9-13-27)19-29(34)31-24-10-14-26(15-11-24)39(35,36)32-28-16-7-21(2)17-22(28)3/h4-18,32H,19H2,1-3H3,(H,31,34). The van der Waals surface area contributed by atoms with Crippen LogP contribution in [0.4, 0.5) is 17.1 Å².